The quantitative estimate of drug-likeness (QED) is 0.447. The number of hydrogen-bond donors (Lipinski definition) is 1. The molecule has 2 saturated heterocycles. The fourth-order valence-corrected chi connectivity index (χ4v) is 5.82. The first-order valence-corrected chi connectivity index (χ1v) is 12.2. The van der Waals surface area contributed by atoms with Crippen LogP contribution in [0, 0.1) is 11.8 Å². The summed E-state index contributed by atoms with van der Waals surface area (Å²) in [6.07, 6.45) is -1.12. The van der Waals surface area contributed by atoms with E-state index in [1.165, 1.54) is 12.1 Å². The number of nitrogens with one attached hydrogen (secondary N) is 1. The molecular weight excluding hydrogens is 519 g/mol. The van der Waals surface area contributed by atoms with Crippen LogP contribution < -0.4 is 10.2 Å². The average molecular weight is 538 g/mol. The molecule has 0 bridgehead atoms. The van der Waals surface area contributed by atoms with Crippen molar-refractivity contribution in [1.82, 2.24) is 4.90 Å². The number of nitrogens with zero attached hydrogens (tertiary/aromatic N) is 2. The predicted octanol–water partition coefficient (Wildman–Crippen LogP) is 5.51. The summed E-state index contributed by atoms with van der Waals surface area (Å²) in [5, 5.41) is 2.98. The van der Waals surface area contributed by atoms with Crippen molar-refractivity contribution < 1.29 is 27.6 Å². The van der Waals surface area contributed by atoms with Gasteiger partial charge in [0.15, 0.2) is 0 Å². The van der Waals surface area contributed by atoms with E-state index in [2.05, 4.69) is 5.32 Å². The Morgan fingerprint density at radius 2 is 1.61 bits per heavy atom. The van der Waals surface area contributed by atoms with Gasteiger partial charge < -0.3 is 10.2 Å². The fraction of sp³-hybridized carbons (Fsp3) is 0.179. The first kappa shape index (κ1) is 24.2. The molecule has 4 atom stereocenters. The highest BCUT2D eigenvalue weighted by atomic mass is 35.5. The molecule has 192 valence electrons. The number of rotatable bonds is 3. The highest BCUT2D eigenvalue weighted by molar-refractivity contribution is 6.31. The molecule has 0 saturated carbocycles. The zero-order valence-electron chi connectivity index (χ0n) is 19.5. The molecule has 3 heterocycles. The molecule has 0 aliphatic carbocycles. The third-order valence-electron chi connectivity index (χ3n) is 7.27. The summed E-state index contributed by atoms with van der Waals surface area (Å²) in [6, 6.07) is 16.2. The van der Waals surface area contributed by atoms with Crippen LogP contribution >= 0.6 is 11.6 Å². The second-order valence-electron chi connectivity index (χ2n) is 9.39. The van der Waals surface area contributed by atoms with Crippen LogP contribution in [0.5, 0.6) is 0 Å². The lowest BCUT2D eigenvalue weighted by Gasteiger charge is -2.35. The smallest absolute Gasteiger partial charge is 0.357 e. The highest BCUT2D eigenvalue weighted by Gasteiger charge is 2.64. The van der Waals surface area contributed by atoms with Crippen molar-refractivity contribution in [2.45, 2.75) is 18.3 Å². The maximum atomic E-state index is 13.8. The Hall–Kier alpha value is -4.11. The monoisotopic (exact) mass is 537 g/mol. The van der Waals surface area contributed by atoms with Crippen LogP contribution in [0.3, 0.4) is 0 Å². The van der Waals surface area contributed by atoms with Crippen LogP contribution in [0.1, 0.15) is 22.7 Å². The molecule has 0 aromatic heterocycles. The molecule has 38 heavy (non-hydrogen) atoms. The minimum atomic E-state index is -4.59. The first-order valence-electron chi connectivity index (χ1n) is 11.8. The van der Waals surface area contributed by atoms with Crippen molar-refractivity contribution in [2.75, 3.05) is 10.2 Å². The maximum absolute atomic E-state index is 13.8. The Morgan fingerprint density at radius 3 is 2.34 bits per heavy atom. The second-order valence-corrected chi connectivity index (χ2v) is 9.83. The van der Waals surface area contributed by atoms with Gasteiger partial charge in [0.05, 0.1) is 29.1 Å². The number of carbonyl (C=O) groups is 3. The lowest BCUT2D eigenvalue weighted by molar-refractivity contribution is -0.137. The minimum absolute atomic E-state index is 0.0578. The van der Waals surface area contributed by atoms with Crippen LogP contribution in [-0.4, -0.2) is 28.7 Å². The lowest BCUT2D eigenvalue weighted by atomic mass is 9.84. The molecule has 2 fully saturated rings. The average Bonchev–Trinajstić information content (AvgIpc) is 3.37. The third kappa shape index (κ3) is 3.77. The molecular formula is C28H19ClF3N3O3. The molecule has 10 heteroatoms. The summed E-state index contributed by atoms with van der Waals surface area (Å²) in [7, 11) is 0. The van der Waals surface area contributed by atoms with Gasteiger partial charge in [-0.1, -0.05) is 41.9 Å². The summed E-state index contributed by atoms with van der Waals surface area (Å²) in [5.74, 6) is -3.60. The van der Waals surface area contributed by atoms with E-state index < -0.39 is 53.4 Å². The van der Waals surface area contributed by atoms with Gasteiger partial charge in [-0.05, 0) is 59.7 Å². The molecule has 0 unspecified atom stereocenters. The van der Waals surface area contributed by atoms with Crippen LogP contribution in [0.4, 0.5) is 24.5 Å². The molecule has 0 radical (unpaired) electrons. The van der Waals surface area contributed by atoms with Gasteiger partial charge in [0.2, 0.25) is 17.7 Å². The number of anilines is 2. The van der Waals surface area contributed by atoms with Gasteiger partial charge in [-0.3, -0.25) is 14.4 Å². The first-order chi connectivity index (χ1) is 18.1. The van der Waals surface area contributed by atoms with E-state index in [-0.39, 0.29) is 5.69 Å². The van der Waals surface area contributed by atoms with Crippen molar-refractivity contribution in [2.24, 2.45) is 11.8 Å². The second kappa shape index (κ2) is 8.73. The van der Waals surface area contributed by atoms with Crippen molar-refractivity contribution in [3.63, 3.8) is 0 Å². The van der Waals surface area contributed by atoms with E-state index in [0.717, 1.165) is 28.2 Å². The number of fused-ring (bicyclic) bond motifs is 5. The van der Waals surface area contributed by atoms with E-state index >= 15 is 0 Å². The third-order valence-corrected chi connectivity index (χ3v) is 7.52. The van der Waals surface area contributed by atoms with E-state index in [1.807, 2.05) is 24.3 Å². The summed E-state index contributed by atoms with van der Waals surface area (Å²) >= 11 is 5.99. The molecule has 6 rings (SSSR count). The molecule has 3 amide bonds. The number of halogens is 4. The minimum Gasteiger partial charge on any atom is -0.357 e. The van der Waals surface area contributed by atoms with Crippen LogP contribution in [-0.2, 0) is 20.6 Å². The van der Waals surface area contributed by atoms with Crippen LogP contribution in [0.2, 0.25) is 5.02 Å². The summed E-state index contributed by atoms with van der Waals surface area (Å²) in [4.78, 5) is 44.0. The van der Waals surface area contributed by atoms with Gasteiger partial charge in [-0.15, -0.1) is 0 Å². The molecule has 0 spiro atoms. The maximum Gasteiger partial charge on any atom is 0.416 e. The standard InChI is InChI=1S/C28H19ClF3N3O3/c29-17-8-10-19(11-9-17)35-26(37)21-22(27(35)38)24(34-13-12-15-4-1-2-7-20(15)23(21)34)25(36)33-18-6-3-5-16(14-18)28(30,31)32/h1-14,21-24H,(H,33,36)/t21-,22-,23-,24+/m1/s1. The zero-order valence-corrected chi connectivity index (χ0v) is 20.3. The normalized spacial score (nSPS) is 23.8. The Balaban J connectivity index is 1.41. The number of amides is 3. The van der Waals surface area contributed by atoms with E-state index in [9.17, 15) is 27.6 Å². The molecule has 3 aromatic rings. The summed E-state index contributed by atoms with van der Waals surface area (Å²) in [5.41, 5.74) is 1.01. The number of alkyl halides is 3. The lowest BCUT2D eigenvalue weighted by Crippen LogP contribution is -2.46. The number of carbonyl (C=O) groups excluding carboxylic acids is 3. The molecule has 3 aromatic carbocycles. The molecule has 3 aliphatic heterocycles. The van der Waals surface area contributed by atoms with Gasteiger partial charge in [-0.2, -0.15) is 13.2 Å². The Labute approximate surface area is 220 Å². The van der Waals surface area contributed by atoms with Gasteiger partial charge >= 0.3 is 6.18 Å². The molecule has 1 N–H and O–H groups in total. The van der Waals surface area contributed by atoms with Crippen molar-refractivity contribution in [3.05, 3.63) is 101 Å². The van der Waals surface area contributed by atoms with Gasteiger partial charge in [-0.25, -0.2) is 4.90 Å². The van der Waals surface area contributed by atoms with Gasteiger partial charge in [0.1, 0.15) is 6.04 Å². The fourth-order valence-electron chi connectivity index (χ4n) is 5.69. The van der Waals surface area contributed by atoms with Gasteiger partial charge in [0, 0.05) is 16.9 Å². The SMILES string of the molecule is O=C(Nc1cccc(C(F)(F)F)c1)[C@@H]1[C@@H]2C(=O)N(c3ccc(Cl)cc3)C(=O)[C@H]2[C@H]2c3ccccc3C=CN12. The van der Waals surface area contributed by atoms with Crippen LogP contribution in [0.15, 0.2) is 79.0 Å². The predicted molar refractivity (Wildman–Crippen MR) is 135 cm³/mol. The largest absolute Gasteiger partial charge is 0.416 e. The van der Waals surface area contributed by atoms with Crippen molar-refractivity contribution >= 4 is 46.8 Å². The van der Waals surface area contributed by atoms with E-state index in [1.54, 1.807) is 41.4 Å². The molecule has 6 nitrogen and oxygen atoms in total. The Bertz CT molecular complexity index is 1500. The van der Waals surface area contributed by atoms with Crippen LogP contribution in [0.25, 0.3) is 6.08 Å². The molecule has 3 aliphatic rings. The van der Waals surface area contributed by atoms with Crippen molar-refractivity contribution in [3.8, 4) is 0 Å². The summed E-state index contributed by atoms with van der Waals surface area (Å²) in [6.45, 7) is 0. The highest BCUT2D eigenvalue weighted by Crippen LogP contribution is 2.53. The Kier molecular flexibility index (Phi) is 5.57. The number of benzene rings is 3. The topological polar surface area (TPSA) is 69.7 Å². The zero-order chi connectivity index (χ0) is 26.8. The van der Waals surface area contributed by atoms with Gasteiger partial charge in [0.25, 0.3) is 0 Å². The van der Waals surface area contributed by atoms with E-state index in [4.69, 9.17) is 11.6 Å². The van der Waals surface area contributed by atoms with Crippen molar-refractivity contribution in [1.29, 1.82) is 0 Å². The summed E-state index contributed by atoms with van der Waals surface area (Å²) < 4.78 is 39.7. The van der Waals surface area contributed by atoms with E-state index in [0.29, 0.717) is 10.7 Å². The number of hydrogen-bond acceptors (Lipinski definition) is 4. The number of imide groups is 1. The Morgan fingerprint density at radius 1 is 0.895 bits per heavy atom.